The van der Waals surface area contributed by atoms with E-state index in [0.717, 1.165) is 26.0 Å². The molecule has 5 nitrogen and oxygen atoms in total. The normalized spacial score (nSPS) is 22.7. The van der Waals surface area contributed by atoms with Crippen molar-refractivity contribution in [2.45, 2.75) is 52.1 Å². The largest absolute Gasteiger partial charge is 0.460 e. The second-order valence-electron chi connectivity index (χ2n) is 8.65. The van der Waals surface area contributed by atoms with Crippen LogP contribution >= 0.6 is 11.6 Å². The van der Waals surface area contributed by atoms with Crippen LogP contribution in [0.25, 0.3) is 0 Å². The summed E-state index contributed by atoms with van der Waals surface area (Å²) in [6.07, 6.45) is 3.70. The van der Waals surface area contributed by atoms with Crippen LogP contribution in [-0.2, 0) is 4.79 Å². The highest BCUT2D eigenvalue weighted by Gasteiger charge is 2.48. The molecule has 1 aromatic rings. The van der Waals surface area contributed by atoms with Gasteiger partial charge in [-0.25, -0.2) is 22.4 Å². The number of hydrogen-bond acceptors (Lipinski definition) is 3. The molecule has 0 spiro atoms. The first-order valence-corrected chi connectivity index (χ1v) is 11.3. The van der Waals surface area contributed by atoms with E-state index in [1.54, 1.807) is 13.0 Å². The number of carbonyl (C=O) groups is 2. The zero-order valence-corrected chi connectivity index (χ0v) is 20.1. The summed E-state index contributed by atoms with van der Waals surface area (Å²) in [4.78, 5) is 24.8. The molecule has 0 saturated carbocycles. The molecule has 0 heterocycles. The molecule has 2 atom stereocenters. The highest BCUT2D eigenvalue weighted by atomic mass is 35.5. The maximum absolute atomic E-state index is 14.3. The smallest absolute Gasteiger partial charge is 0.325 e. The molecular weight excluding hydrogens is 488 g/mol. The molecule has 1 aromatic carbocycles. The summed E-state index contributed by atoms with van der Waals surface area (Å²) in [5, 5.41) is 4.50. The molecule has 2 aliphatic rings. The second kappa shape index (κ2) is 10.3. The fraction of sp³-hybridized carbons (Fsp3) is 0.360. The van der Waals surface area contributed by atoms with Crippen molar-refractivity contribution in [2.75, 3.05) is 5.32 Å². The number of ether oxygens (including phenoxy) is 1. The summed E-state index contributed by atoms with van der Waals surface area (Å²) in [5.74, 6) is -4.44. The van der Waals surface area contributed by atoms with Crippen molar-refractivity contribution in [3.8, 4) is 5.75 Å². The number of carbonyl (C=O) groups excluding carboxylic acids is 2. The number of allylic oxidation sites excluding steroid dienone is 6. The van der Waals surface area contributed by atoms with Crippen molar-refractivity contribution in [2.24, 2.45) is 5.41 Å². The molecule has 10 heteroatoms. The van der Waals surface area contributed by atoms with Gasteiger partial charge in [-0.2, -0.15) is 0 Å². The van der Waals surface area contributed by atoms with Crippen molar-refractivity contribution < 1.29 is 31.9 Å². The molecule has 0 radical (unpaired) electrons. The van der Waals surface area contributed by atoms with Crippen molar-refractivity contribution in [1.82, 2.24) is 5.32 Å². The van der Waals surface area contributed by atoms with Gasteiger partial charge in [-0.1, -0.05) is 29.8 Å². The van der Waals surface area contributed by atoms with Gasteiger partial charge >= 0.3 is 6.03 Å². The Labute approximate surface area is 205 Å². The molecule has 188 valence electrons. The third-order valence-corrected chi connectivity index (χ3v) is 6.23. The molecule has 35 heavy (non-hydrogen) atoms. The van der Waals surface area contributed by atoms with Gasteiger partial charge in [-0.15, -0.1) is 0 Å². The zero-order chi connectivity index (χ0) is 26.0. The number of imide groups is 1. The number of nitrogens with one attached hydrogen (secondary N) is 2. The number of halogens is 5. The van der Waals surface area contributed by atoms with Gasteiger partial charge in [0.1, 0.15) is 28.9 Å². The third-order valence-electron chi connectivity index (χ3n) is 5.91. The van der Waals surface area contributed by atoms with Gasteiger partial charge < -0.3 is 10.1 Å². The van der Waals surface area contributed by atoms with E-state index in [0.29, 0.717) is 17.0 Å². The lowest BCUT2D eigenvalue weighted by atomic mass is 9.77. The average molecular weight is 513 g/mol. The Bertz CT molecular complexity index is 1150. The van der Waals surface area contributed by atoms with Crippen molar-refractivity contribution >= 4 is 29.2 Å². The summed E-state index contributed by atoms with van der Waals surface area (Å²) in [5.41, 5.74) is -1.45. The summed E-state index contributed by atoms with van der Waals surface area (Å²) >= 11 is 6.17. The molecule has 2 aliphatic carbocycles. The molecule has 3 amide bonds. The van der Waals surface area contributed by atoms with Gasteiger partial charge in [0.25, 0.3) is 5.92 Å². The van der Waals surface area contributed by atoms with Gasteiger partial charge in [-0.3, -0.25) is 10.1 Å². The van der Waals surface area contributed by atoms with Gasteiger partial charge in [0, 0.05) is 24.6 Å². The van der Waals surface area contributed by atoms with Crippen LogP contribution < -0.4 is 15.4 Å². The van der Waals surface area contributed by atoms with Gasteiger partial charge in [-0.05, 0) is 56.5 Å². The predicted molar refractivity (Wildman–Crippen MR) is 126 cm³/mol. The van der Waals surface area contributed by atoms with Crippen molar-refractivity contribution in [1.29, 1.82) is 0 Å². The summed E-state index contributed by atoms with van der Waals surface area (Å²) in [6.45, 7) is 3.55. The second-order valence-corrected chi connectivity index (χ2v) is 9.06. The van der Waals surface area contributed by atoms with Crippen LogP contribution in [-0.4, -0.2) is 24.0 Å². The van der Waals surface area contributed by atoms with E-state index in [-0.39, 0.29) is 35.6 Å². The maximum Gasteiger partial charge on any atom is 0.325 e. The van der Waals surface area contributed by atoms with Gasteiger partial charge in [0.15, 0.2) is 0 Å². The fourth-order valence-electron chi connectivity index (χ4n) is 3.65. The van der Waals surface area contributed by atoms with Crippen LogP contribution in [0.15, 0.2) is 64.7 Å². The molecule has 2 N–H and O–H groups in total. The predicted octanol–water partition coefficient (Wildman–Crippen LogP) is 7.01. The minimum atomic E-state index is -3.06. The standard InChI is InChI=1S/C25H25ClF4N2O3/c1-14-12-16(35-19-7-4-6-15(13-17(19)26)25(3,29)30)10-11-18(14)31-23(34)32-22(33)24(2)20(27)8-5-9-21(24)28/h4,6,8,10-13,21H,5,7,9H2,1-3H3,(H2,31,32,33,34). The van der Waals surface area contributed by atoms with Crippen LogP contribution in [0.2, 0.25) is 0 Å². The van der Waals surface area contributed by atoms with E-state index in [4.69, 9.17) is 16.3 Å². The van der Waals surface area contributed by atoms with Crippen molar-refractivity contribution in [3.05, 3.63) is 70.3 Å². The minimum absolute atomic E-state index is 0.0201. The topological polar surface area (TPSA) is 67.4 Å². The molecule has 0 fully saturated rings. The Morgan fingerprint density at radius 3 is 2.63 bits per heavy atom. The van der Waals surface area contributed by atoms with Crippen LogP contribution in [0.4, 0.5) is 28.0 Å². The lowest BCUT2D eigenvalue weighted by Gasteiger charge is -2.32. The van der Waals surface area contributed by atoms with E-state index in [1.807, 2.05) is 5.32 Å². The number of alkyl halides is 3. The lowest BCUT2D eigenvalue weighted by molar-refractivity contribution is -0.131. The molecule has 2 unspecified atom stereocenters. The quantitative estimate of drug-likeness (QED) is 0.417. The Morgan fingerprint density at radius 1 is 1.29 bits per heavy atom. The zero-order valence-electron chi connectivity index (χ0n) is 19.4. The fourth-order valence-corrected chi connectivity index (χ4v) is 3.88. The van der Waals surface area contributed by atoms with E-state index in [1.165, 1.54) is 24.3 Å². The first-order chi connectivity index (χ1) is 16.3. The Hall–Kier alpha value is -3.07. The molecule has 3 rings (SSSR count). The van der Waals surface area contributed by atoms with Crippen LogP contribution in [0.3, 0.4) is 0 Å². The molecule has 0 saturated heterocycles. The number of aryl methyl sites for hydroxylation is 1. The van der Waals surface area contributed by atoms with E-state index < -0.39 is 35.3 Å². The van der Waals surface area contributed by atoms with Crippen LogP contribution in [0.1, 0.15) is 38.7 Å². The number of hydrogen-bond donors (Lipinski definition) is 2. The Balaban J connectivity index is 1.69. The first-order valence-electron chi connectivity index (χ1n) is 10.9. The van der Waals surface area contributed by atoms with Crippen molar-refractivity contribution in [3.63, 3.8) is 0 Å². The SMILES string of the molecule is Cc1cc(OC2=C(Cl)C=C(C(C)(F)F)C=CC2)ccc1NC(=O)NC(=O)C1(C)C(F)=CCCC1F. The summed E-state index contributed by atoms with van der Waals surface area (Å²) in [6, 6.07) is 3.64. The summed E-state index contributed by atoms with van der Waals surface area (Å²) < 4.78 is 61.5. The van der Waals surface area contributed by atoms with Crippen LogP contribution in [0, 0.1) is 12.3 Å². The number of benzene rings is 1. The average Bonchev–Trinajstić information content (AvgIpc) is 2.95. The first kappa shape index (κ1) is 26.5. The molecule has 0 aliphatic heterocycles. The van der Waals surface area contributed by atoms with E-state index in [2.05, 4.69) is 5.32 Å². The Morgan fingerprint density at radius 2 is 2.00 bits per heavy atom. The lowest BCUT2D eigenvalue weighted by Crippen LogP contribution is -2.49. The number of amides is 3. The Kier molecular flexibility index (Phi) is 7.79. The highest BCUT2D eigenvalue weighted by molar-refractivity contribution is 6.31. The van der Waals surface area contributed by atoms with E-state index in [9.17, 15) is 27.2 Å². The molecule has 0 bridgehead atoms. The minimum Gasteiger partial charge on any atom is -0.460 e. The maximum atomic E-state index is 14.3. The van der Waals surface area contributed by atoms with E-state index >= 15 is 0 Å². The van der Waals surface area contributed by atoms with Gasteiger partial charge in [0.05, 0.1) is 5.03 Å². The monoisotopic (exact) mass is 512 g/mol. The van der Waals surface area contributed by atoms with Crippen LogP contribution in [0.5, 0.6) is 5.75 Å². The number of anilines is 1. The number of urea groups is 1. The summed E-state index contributed by atoms with van der Waals surface area (Å²) in [7, 11) is 0. The van der Waals surface area contributed by atoms with Gasteiger partial charge in [0.2, 0.25) is 5.91 Å². The third kappa shape index (κ3) is 5.96. The number of rotatable bonds is 5. The molecule has 0 aromatic heterocycles. The molecular formula is C25H25ClF4N2O3. The highest BCUT2D eigenvalue weighted by Crippen LogP contribution is 2.40.